The summed E-state index contributed by atoms with van der Waals surface area (Å²) in [6.45, 7) is 3.79. The van der Waals surface area contributed by atoms with E-state index in [1.165, 1.54) is 12.1 Å². The average Bonchev–Trinajstić information content (AvgIpc) is 3.24. The third kappa shape index (κ3) is 3.86. The molecule has 2 aromatic heterocycles. The van der Waals surface area contributed by atoms with Crippen LogP contribution >= 0.6 is 0 Å². The van der Waals surface area contributed by atoms with Gasteiger partial charge in [-0.2, -0.15) is 18.3 Å². The van der Waals surface area contributed by atoms with Gasteiger partial charge in [0.05, 0.1) is 22.9 Å². The molecule has 2 heterocycles. The summed E-state index contributed by atoms with van der Waals surface area (Å²) in [5, 5.41) is 4.45. The fourth-order valence-electron chi connectivity index (χ4n) is 4.47. The van der Waals surface area contributed by atoms with Crippen LogP contribution in [0.1, 0.15) is 43.0 Å². The summed E-state index contributed by atoms with van der Waals surface area (Å²) in [4.78, 5) is 17.3. The maximum Gasteiger partial charge on any atom is 0.416 e. The summed E-state index contributed by atoms with van der Waals surface area (Å²) >= 11 is 0. The number of halogens is 3. The van der Waals surface area contributed by atoms with E-state index in [1.807, 2.05) is 37.3 Å². The number of alkyl halides is 3. The van der Waals surface area contributed by atoms with Gasteiger partial charge in [0.25, 0.3) is 0 Å². The molecule has 0 aliphatic heterocycles. The zero-order valence-electron chi connectivity index (χ0n) is 18.2. The van der Waals surface area contributed by atoms with Crippen molar-refractivity contribution in [2.75, 3.05) is 0 Å². The molecule has 0 aliphatic rings. The maximum absolute atomic E-state index is 13.0. The van der Waals surface area contributed by atoms with Gasteiger partial charge in [-0.3, -0.25) is 4.79 Å². The smallest absolute Gasteiger partial charge is 0.369 e. The van der Waals surface area contributed by atoms with E-state index in [2.05, 4.69) is 10.1 Å². The van der Waals surface area contributed by atoms with Gasteiger partial charge in [-0.1, -0.05) is 49.4 Å². The highest BCUT2D eigenvalue weighted by molar-refractivity contribution is 5.88. The van der Waals surface area contributed by atoms with E-state index in [0.717, 1.165) is 17.7 Å². The summed E-state index contributed by atoms with van der Waals surface area (Å²) in [7, 11) is 0. The molecular weight excluding hydrogens is 429 g/mol. The lowest BCUT2D eigenvalue weighted by molar-refractivity contribution is -0.137. The van der Waals surface area contributed by atoms with Crippen LogP contribution in [0.25, 0.3) is 16.8 Å². The molecule has 33 heavy (non-hydrogen) atoms. The first-order valence-corrected chi connectivity index (χ1v) is 10.5. The Morgan fingerprint density at radius 2 is 1.73 bits per heavy atom. The molecule has 4 aromatic rings. The third-order valence-corrected chi connectivity index (χ3v) is 6.28. The first-order chi connectivity index (χ1) is 15.7. The van der Waals surface area contributed by atoms with Crippen molar-refractivity contribution in [3.8, 4) is 11.1 Å². The highest BCUT2D eigenvalue weighted by Crippen LogP contribution is 2.41. The number of hydrogen-bond acceptors (Lipinski definition) is 3. The molecular formula is C25H23F3N4O. The Bertz CT molecular complexity index is 1280. The number of primary amides is 1. The lowest BCUT2D eigenvalue weighted by Gasteiger charge is -2.35. The number of hydrogen-bond donors (Lipinski definition) is 1. The average molecular weight is 452 g/mol. The molecule has 170 valence electrons. The van der Waals surface area contributed by atoms with E-state index in [0.29, 0.717) is 28.9 Å². The zero-order chi connectivity index (χ0) is 23.8. The predicted molar refractivity (Wildman–Crippen MR) is 119 cm³/mol. The summed E-state index contributed by atoms with van der Waals surface area (Å²) in [6.07, 6.45) is -0.653. The second kappa shape index (κ2) is 8.35. The Hall–Kier alpha value is -3.68. The molecule has 0 saturated heterocycles. The normalized spacial score (nSPS) is 14.7. The molecule has 0 aliphatic carbocycles. The SMILES string of the molecule is CCC(c1ccccc1)C(C)(C(N)=O)c1ccnc2c(-c3ccc(C(F)(F)F)cc3)cnn12. The van der Waals surface area contributed by atoms with Crippen molar-refractivity contribution in [2.24, 2.45) is 5.73 Å². The lowest BCUT2D eigenvalue weighted by Crippen LogP contribution is -2.45. The minimum Gasteiger partial charge on any atom is -0.369 e. The van der Waals surface area contributed by atoms with Gasteiger partial charge in [-0.25, -0.2) is 9.50 Å². The molecule has 0 radical (unpaired) electrons. The number of nitrogens with zero attached hydrogens (tertiary/aromatic N) is 3. The van der Waals surface area contributed by atoms with E-state index < -0.39 is 23.1 Å². The second-order valence-electron chi connectivity index (χ2n) is 8.14. The van der Waals surface area contributed by atoms with Crippen molar-refractivity contribution in [1.82, 2.24) is 14.6 Å². The van der Waals surface area contributed by atoms with Crippen LogP contribution in [-0.4, -0.2) is 20.5 Å². The molecule has 2 atom stereocenters. The number of rotatable bonds is 6. The number of aromatic nitrogens is 3. The molecule has 4 rings (SSSR count). The third-order valence-electron chi connectivity index (χ3n) is 6.28. The van der Waals surface area contributed by atoms with Crippen LogP contribution < -0.4 is 5.73 Å². The van der Waals surface area contributed by atoms with Crippen molar-refractivity contribution in [1.29, 1.82) is 0 Å². The molecule has 2 unspecified atom stereocenters. The number of carbonyl (C=O) groups excluding carboxylic acids is 1. The van der Waals surface area contributed by atoms with E-state index in [9.17, 15) is 18.0 Å². The molecule has 5 nitrogen and oxygen atoms in total. The highest BCUT2D eigenvalue weighted by Gasteiger charge is 2.43. The van der Waals surface area contributed by atoms with Gasteiger partial charge in [-0.15, -0.1) is 0 Å². The van der Waals surface area contributed by atoms with Crippen LogP contribution in [0.3, 0.4) is 0 Å². The van der Waals surface area contributed by atoms with Crippen LogP contribution in [0.5, 0.6) is 0 Å². The summed E-state index contributed by atoms with van der Waals surface area (Å²) in [5.41, 5.74) is 7.21. The first kappa shape index (κ1) is 22.5. The largest absolute Gasteiger partial charge is 0.416 e. The number of nitrogens with two attached hydrogens (primary N) is 1. The summed E-state index contributed by atoms with van der Waals surface area (Å²) < 4.78 is 40.4. The summed E-state index contributed by atoms with van der Waals surface area (Å²) in [5.74, 6) is -0.724. The van der Waals surface area contributed by atoms with E-state index in [4.69, 9.17) is 5.73 Å². The first-order valence-electron chi connectivity index (χ1n) is 10.5. The van der Waals surface area contributed by atoms with Crippen LogP contribution in [0.15, 0.2) is 73.1 Å². The van der Waals surface area contributed by atoms with Gasteiger partial charge in [0, 0.05) is 17.7 Å². The maximum atomic E-state index is 13.0. The van der Waals surface area contributed by atoms with Crippen LogP contribution in [-0.2, 0) is 16.4 Å². The van der Waals surface area contributed by atoms with Gasteiger partial charge in [-0.05, 0) is 42.7 Å². The molecule has 2 aromatic carbocycles. The Morgan fingerprint density at radius 3 is 2.30 bits per heavy atom. The quantitative estimate of drug-likeness (QED) is 0.429. The van der Waals surface area contributed by atoms with Gasteiger partial charge in [0.15, 0.2) is 5.65 Å². The van der Waals surface area contributed by atoms with Gasteiger partial charge in [0.1, 0.15) is 0 Å². The molecule has 0 saturated carbocycles. The van der Waals surface area contributed by atoms with E-state index in [-0.39, 0.29) is 5.92 Å². The molecule has 0 fully saturated rings. The number of benzene rings is 2. The molecule has 0 bridgehead atoms. The van der Waals surface area contributed by atoms with Gasteiger partial charge < -0.3 is 5.73 Å². The molecule has 1 amide bonds. The number of carbonyl (C=O) groups is 1. The van der Waals surface area contributed by atoms with Crippen molar-refractivity contribution in [3.63, 3.8) is 0 Å². The Kier molecular flexibility index (Phi) is 5.69. The Balaban J connectivity index is 1.86. The molecule has 8 heteroatoms. The summed E-state index contributed by atoms with van der Waals surface area (Å²) in [6, 6.07) is 16.2. The Morgan fingerprint density at radius 1 is 1.06 bits per heavy atom. The molecule has 2 N–H and O–H groups in total. The van der Waals surface area contributed by atoms with Crippen LogP contribution in [0.4, 0.5) is 13.2 Å². The number of amides is 1. The van der Waals surface area contributed by atoms with Crippen molar-refractivity contribution in [2.45, 2.75) is 37.8 Å². The van der Waals surface area contributed by atoms with E-state index >= 15 is 0 Å². The highest BCUT2D eigenvalue weighted by atomic mass is 19.4. The van der Waals surface area contributed by atoms with Gasteiger partial charge in [0.2, 0.25) is 5.91 Å². The zero-order valence-corrected chi connectivity index (χ0v) is 18.2. The lowest BCUT2D eigenvalue weighted by atomic mass is 9.69. The van der Waals surface area contributed by atoms with Gasteiger partial charge >= 0.3 is 6.18 Å². The van der Waals surface area contributed by atoms with Crippen LogP contribution in [0, 0.1) is 0 Å². The van der Waals surface area contributed by atoms with Crippen molar-refractivity contribution in [3.05, 3.63) is 89.9 Å². The van der Waals surface area contributed by atoms with Crippen LogP contribution in [0.2, 0.25) is 0 Å². The molecule has 0 spiro atoms. The van der Waals surface area contributed by atoms with Crippen molar-refractivity contribution < 1.29 is 18.0 Å². The monoisotopic (exact) mass is 452 g/mol. The fourth-order valence-corrected chi connectivity index (χ4v) is 4.47. The topological polar surface area (TPSA) is 73.3 Å². The standard InChI is InChI=1S/C25H23F3N4O/c1-3-20(17-7-5-4-6-8-17)24(2,23(29)33)21-13-14-30-22-19(15-31-32(21)22)16-9-11-18(12-10-16)25(26,27)28/h4-15,20H,3H2,1-2H3,(H2,29,33). The minimum atomic E-state index is -4.42. The Labute approximate surface area is 189 Å². The second-order valence-corrected chi connectivity index (χ2v) is 8.14. The van der Waals surface area contributed by atoms with E-state index in [1.54, 1.807) is 29.9 Å². The van der Waals surface area contributed by atoms with Crippen molar-refractivity contribution >= 4 is 11.6 Å². The number of fused-ring (bicyclic) bond motifs is 1. The predicted octanol–water partition coefficient (Wildman–Crippen LogP) is 5.35. The minimum absolute atomic E-state index is 0.222. The fraction of sp³-hybridized carbons (Fsp3) is 0.240.